The van der Waals surface area contributed by atoms with Crippen LogP contribution in [-0.2, 0) is 22.4 Å². The van der Waals surface area contributed by atoms with Gasteiger partial charge in [0.2, 0.25) is 0 Å². The molecule has 1 N–H and O–H groups in total. The Morgan fingerprint density at radius 3 is 1.98 bits per heavy atom. The molecule has 6 heteroatoms. The summed E-state index contributed by atoms with van der Waals surface area (Å²) in [4.78, 5) is 19.6. The van der Waals surface area contributed by atoms with Gasteiger partial charge in [0.15, 0.2) is 0 Å². The van der Waals surface area contributed by atoms with E-state index in [-0.39, 0.29) is 18.7 Å². The van der Waals surface area contributed by atoms with Gasteiger partial charge in [-0.05, 0) is 101 Å². The molecule has 3 heterocycles. The van der Waals surface area contributed by atoms with Crippen molar-refractivity contribution in [2.45, 2.75) is 69.1 Å². The molecule has 2 fully saturated rings. The van der Waals surface area contributed by atoms with Crippen molar-refractivity contribution in [2.24, 2.45) is 0 Å². The largest absolute Gasteiger partial charge is 0.462 e. The van der Waals surface area contributed by atoms with E-state index < -0.39 is 5.92 Å². The lowest BCUT2D eigenvalue weighted by Crippen LogP contribution is -2.43. The molecule has 0 radical (unpaired) electrons. The van der Waals surface area contributed by atoms with E-state index in [1.165, 1.54) is 41.8 Å². The summed E-state index contributed by atoms with van der Waals surface area (Å²) in [6.45, 7) is 2.00. The summed E-state index contributed by atoms with van der Waals surface area (Å²) in [7, 11) is 6.45. The van der Waals surface area contributed by atoms with Crippen molar-refractivity contribution in [3.05, 3.63) is 95.6 Å². The van der Waals surface area contributed by atoms with Gasteiger partial charge in [-0.2, -0.15) is 0 Å². The lowest BCUT2D eigenvalue weighted by Gasteiger charge is -2.36. The van der Waals surface area contributed by atoms with Crippen LogP contribution < -0.4 is 4.90 Å². The van der Waals surface area contributed by atoms with E-state index in [0.717, 1.165) is 44.3 Å². The minimum Gasteiger partial charge on any atom is -0.462 e. The third-order valence-corrected chi connectivity index (χ3v) is 9.22. The van der Waals surface area contributed by atoms with Gasteiger partial charge in [0.1, 0.15) is 12.0 Å². The van der Waals surface area contributed by atoms with Crippen molar-refractivity contribution >= 4 is 17.3 Å². The molecule has 4 atom stereocenters. The molecular formula is C36H47N3O3. The van der Waals surface area contributed by atoms with Crippen LogP contribution in [0.3, 0.4) is 0 Å². The molecule has 0 aromatic heterocycles. The van der Waals surface area contributed by atoms with Gasteiger partial charge < -0.3 is 24.5 Å². The molecule has 0 amide bonds. The van der Waals surface area contributed by atoms with E-state index in [9.17, 15) is 9.90 Å². The average molecular weight is 570 g/mol. The quantitative estimate of drug-likeness (QED) is 0.346. The Morgan fingerprint density at radius 2 is 1.43 bits per heavy atom. The van der Waals surface area contributed by atoms with Crippen molar-refractivity contribution in [3.8, 4) is 0 Å². The van der Waals surface area contributed by atoms with Crippen LogP contribution in [0.1, 0.15) is 54.7 Å². The number of aliphatic hydroxyl groups is 1. The molecule has 3 aromatic rings. The SMILES string of the molecule is CN(C)CCCN1c2ccccc2CCc2ccccc21.CN1[C@@H]2CC[C@H]1C[C@@H](OC(=O)[C@H](CO)c1ccccc1)C2. The molecule has 3 aromatic carbocycles. The molecule has 0 spiro atoms. The van der Waals surface area contributed by atoms with E-state index in [4.69, 9.17) is 4.74 Å². The van der Waals surface area contributed by atoms with Crippen LogP contribution in [0.2, 0.25) is 0 Å². The minimum absolute atomic E-state index is 0.00367. The molecule has 6 rings (SSSR count). The predicted octanol–water partition coefficient (Wildman–Crippen LogP) is 5.81. The number of carbonyl (C=O) groups excluding carboxylic acids is 1. The normalized spacial score (nSPS) is 21.9. The molecular weight excluding hydrogens is 522 g/mol. The van der Waals surface area contributed by atoms with Crippen LogP contribution >= 0.6 is 0 Å². The number of anilines is 2. The summed E-state index contributed by atoms with van der Waals surface area (Å²) in [6.07, 6.45) is 7.71. The molecule has 3 aliphatic heterocycles. The van der Waals surface area contributed by atoms with Crippen LogP contribution in [0.15, 0.2) is 78.9 Å². The first-order valence-corrected chi connectivity index (χ1v) is 15.6. The number of esters is 1. The molecule has 0 saturated carbocycles. The highest BCUT2D eigenvalue weighted by molar-refractivity contribution is 5.78. The lowest BCUT2D eigenvalue weighted by molar-refractivity contribution is -0.155. The second-order valence-electron chi connectivity index (χ2n) is 12.3. The average Bonchev–Trinajstić information content (AvgIpc) is 3.15. The van der Waals surface area contributed by atoms with Crippen LogP contribution in [0.25, 0.3) is 0 Å². The predicted molar refractivity (Wildman–Crippen MR) is 170 cm³/mol. The first kappa shape index (κ1) is 30.3. The maximum atomic E-state index is 12.4. The van der Waals surface area contributed by atoms with Crippen LogP contribution in [0.5, 0.6) is 0 Å². The summed E-state index contributed by atoms with van der Waals surface area (Å²) in [5, 5.41) is 9.53. The number of rotatable bonds is 8. The molecule has 2 bridgehead atoms. The van der Waals surface area contributed by atoms with Gasteiger partial charge in [-0.1, -0.05) is 66.7 Å². The van der Waals surface area contributed by atoms with Gasteiger partial charge in [-0.25, -0.2) is 0 Å². The minimum atomic E-state index is -0.566. The number of benzene rings is 3. The van der Waals surface area contributed by atoms with E-state index in [1.807, 2.05) is 30.3 Å². The van der Waals surface area contributed by atoms with Gasteiger partial charge >= 0.3 is 5.97 Å². The number of nitrogens with zero attached hydrogens (tertiary/aromatic N) is 3. The van der Waals surface area contributed by atoms with Gasteiger partial charge in [0, 0.05) is 30.0 Å². The Bertz CT molecular complexity index is 1240. The van der Waals surface area contributed by atoms with Crippen molar-refractivity contribution in [1.82, 2.24) is 9.80 Å². The van der Waals surface area contributed by atoms with E-state index >= 15 is 0 Å². The highest BCUT2D eigenvalue weighted by Crippen LogP contribution is 2.37. The number of carbonyl (C=O) groups is 1. The number of aryl methyl sites for hydroxylation is 2. The van der Waals surface area contributed by atoms with Gasteiger partial charge in [0.25, 0.3) is 0 Å². The Morgan fingerprint density at radius 1 is 0.881 bits per heavy atom. The number of ether oxygens (including phenoxy) is 1. The van der Waals surface area contributed by atoms with E-state index in [2.05, 4.69) is 84.4 Å². The third-order valence-electron chi connectivity index (χ3n) is 9.22. The zero-order valence-electron chi connectivity index (χ0n) is 25.5. The number of piperidine rings is 1. The molecule has 2 saturated heterocycles. The Labute approximate surface area is 251 Å². The number of para-hydroxylation sites is 2. The maximum Gasteiger partial charge on any atom is 0.316 e. The Kier molecular flexibility index (Phi) is 10.3. The van der Waals surface area contributed by atoms with Crippen LogP contribution in [0.4, 0.5) is 11.4 Å². The van der Waals surface area contributed by atoms with E-state index in [0.29, 0.717) is 12.1 Å². The molecule has 0 aliphatic carbocycles. The fraction of sp³-hybridized carbons (Fsp3) is 0.472. The topological polar surface area (TPSA) is 56.2 Å². The van der Waals surface area contributed by atoms with Crippen molar-refractivity contribution in [1.29, 1.82) is 0 Å². The summed E-state index contributed by atoms with van der Waals surface area (Å²) in [5.41, 5.74) is 6.54. The second-order valence-corrected chi connectivity index (χ2v) is 12.3. The number of hydrogen-bond acceptors (Lipinski definition) is 6. The first-order valence-electron chi connectivity index (χ1n) is 15.6. The molecule has 3 aliphatic rings. The number of fused-ring (bicyclic) bond motifs is 4. The highest BCUT2D eigenvalue weighted by Gasteiger charge is 2.40. The van der Waals surface area contributed by atoms with Crippen molar-refractivity contribution in [2.75, 3.05) is 45.7 Å². The fourth-order valence-corrected chi connectivity index (χ4v) is 6.86. The summed E-state index contributed by atoms with van der Waals surface area (Å²) in [5.74, 6) is -0.860. The number of aliphatic hydroxyl groups excluding tert-OH is 1. The standard InChI is InChI=1S/C19H24N2.C17H23NO3/c1-20(2)14-7-15-21-18-10-5-3-8-16(18)12-13-17-9-4-6-11-19(17)21;1-18-13-7-8-14(18)10-15(9-13)21-17(20)16(11-19)12-5-3-2-4-6-12/h3-6,8-11H,7,12-15H2,1-2H3;2-6,13-16,19H,7-11H2,1H3/t;13-,14+,15+,16-/m.1/s1. The zero-order valence-corrected chi connectivity index (χ0v) is 25.5. The smallest absolute Gasteiger partial charge is 0.316 e. The van der Waals surface area contributed by atoms with Crippen molar-refractivity contribution < 1.29 is 14.6 Å². The monoisotopic (exact) mass is 569 g/mol. The lowest BCUT2D eigenvalue weighted by atomic mass is 9.98. The molecule has 42 heavy (non-hydrogen) atoms. The zero-order chi connectivity index (χ0) is 29.5. The molecule has 224 valence electrons. The number of hydrogen-bond donors (Lipinski definition) is 1. The second kappa shape index (κ2) is 14.3. The third kappa shape index (κ3) is 7.23. The summed E-state index contributed by atoms with van der Waals surface area (Å²) in [6, 6.07) is 28.2. The van der Waals surface area contributed by atoms with Crippen LogP contribution in [0, 0.1) is 0 Å². The summed E-state index contributed by atoms with van der Waals surface area (Å²) >= 11 is 0. The van der Waals surface area contributed by atoms with Gasteiger partial charge in [-0.15, -0.1) is 0 Å². The van der Waals surface area contributed by atoms with Gasteiger partial charge in [0.05, 0.1) is 6.61 Å². The first-order chi connectivity index (χ1) is 20.4. The van der Waals surface area contributed by atoms with Gasteiger partial charge in [-0.3, -0.25) is 4.79 Å². The highest BCUT2D eigenvalue weighted by atomic mass is 16.5. The molecule has 6 nitrogen and oxygen atoms in total. The maximum absolute atomic E-state index is 12.4. The molecule has 0 unspecified atom stereocenters. The van der Waals surface area contributed by atoms with Crippen molar-refractivity contribution in [3.63, 3.8) is 0 Å². The van der Waals surface area contributed by atoms with Crippen LogP contribution in [-0.4, -0.2) is 79.9 Å². The Balaban J connectivity index is 0.000000168. The Hall–Kier alpha value is -3.19. The summed E-state index contributed by atoms with van der Waals surface area (Å²) < 4.78 is 5.70. The van der Waals surface area contributed by atoms with E-state index in [1.54, 1.807) is 0 Å². The fourth-order valence-electron chi connectivity index (χ4n) is 6.86.